The fraction of sp³-hybridized carbons (Fsp3) is 0.255. The second-order valence-corrected chi connectivity index (χ2v) is 13.4. The Morgan fingerprint density at radius 2 is 1.12 bits per heavy atom. The lowest BCUT2D eigenvalue weighted by atomic mass is 10.00. The van der Waals surface area contributed by atoms with E-state index in [0.717, 1.165) is 65.5 Å². The van der Waals surface area contributed by atoms with Crippen LogP contribution in [-0.4, -0.2) is 22.8 Å². The summed E-state index contributed by atoms with van der Waals surface area (Å²) in [6.45, 7) is 6.09. The Balaban J connectivity index is 0.884. The number of benzene rings is 6. The van der Waals surface area contributed by atoms with Crippen LogP contribution in [0.25, 0.3) is 55.7 Å². The average Bonchev–Trinajstić information content (AvgIpc) is 3.60. The molecule has 0 aliphatic rings. The molecular formula is C47H48N2O2. The van der Waals surface area contributed by atoms with Crippen LogP contribution in [0.3, 0.4) is 0 Å². The zero-order chi connectivity index (χ0) is 34.7. The van der Waals surface area contributed by atoms with Gasteiger partial charge in [0.25, 0.3) is 0 Å². The fourth-order valence-electron chi connectivity index (χ4n) is 7.10. The van der Waals surface area contributed by atoms with Crippen molar-refractivity contribution >= 4 is 38.7 Å². The quantitative estimate of drug-likeness (QED) is 0.0672. The molecule has 1 heterocycles. The molecule has 0 saturated heterocycles. The molecule has 51 heavy (non-hydrogen) atoms. The molecule has 258 valence electrons. The highest BCUT2D eigenvalue weighted by Crippen LogP contribution is 2.39. The topological polar surface area (TPSA) is 36.3 Å². The Morgan fingerprint density at radius 1 is 0.549 bits per heavy atom. The van der Waals surface area contributed by atoms with E-state index >= 15 is 0 Å². The van der Waals surface area contributed by atoms with Gasteiger partial charge in [0, 0.05) is 28.6 Å². The number of fused-ring (bicyclic) bond motifs is 6. The molecule has 0 aliphatic carbocycles. The molecule has 0 fully saturated rings. The van der Waals surface area contributed by atoms with Crippen LogP contribution in [0.2, 0.25) is 0 Å². The maximum atomic E-state index is 6.20. The standard InChI is InChI=1S/C47H48N2O2/c1-2-36-25-27-37(28-26-36)35-50-33-17-8-6-4-3-5-7-9-18-34-51-40-31-29-39(30-32-40)49-46-44-24-16-14-22-42(44)41-21-13-15-23-43(41)45(46)48-47(49)38-19-11-10-12-20-38/h2,10-16,19-32H,1,3-9,17-18,33-35H2. The van der Waals surface area contributed by atoms with Gasteiger partial charge in [-0.25, -0.2) is 4.98 Å². The van der Waals surface area contributed by atoms with Crippen LogP contribution in [0.4, 0.5) is 0 Å². The number of unbranched alkanes of at least 4 members (excludes halogenated alkanes) is 8. The minimum Gasteiger partial charge on any atom is -0.494 e. The van der Waals surface area contributed by atoms with Crippen molar-refractivity contribution < 1.29 is 9.47 Å². The van der Waals surface area contributed by atoms with Crippen molar-refractivity contribution in [3.63, 3.8) is 0 Å². The molecule has 0 unspecified atom stereocenters. The van der Waals surface area contributed by atoms with Gasteiger partial charge >= 0.3 is 0 Å². The molecule has 0 spiro atoms. The van der Waals surface area contributed by atoms with Crippen LogP contribution in [0.1, 0.15) is 68.9 Å². The zero-order valence-electron chi connectivity index (χ0n) is 29.6. The van der Waals surface area contributed by atoms with Crippen molar-refractivity contribution in [2.24, 2.45) is 0 Å². The van der Waals surface area contributed by atoms with E-state index in [1.165, 1.54) is 72.1 Å². The van der Waals surface area contributed by atoms with Crippen molar-refractivity contribution in [3.8, 4) is 22.8 Å². The summed E-state index contributed by atoms with van der Waals surface area (Å²) in [4.78, 5) is 5.31. The minimum absolute atomic E-state index is 0.695. The number of aromatic nitrogens is 2. The van der Waals surface area contributed by atoms with Crippen LogP contribution >= 0.6 is 0 Å². The number of rotatable bonds is 18. The SMILES string of the molecule is C=Cc1ccc(COCCCCCCCCCCCOc2ccc(-n3c(-c4ccccc4)nc4c5ccccc5c5ccccc5c43)cc2)cc1. The highest BCUT2D eigenvalue weighted by Gasteiger charge is 2.20. The summed E-state index contributed by atoms with van der Waals surface area (Å²) >= 11 is 0. The van der Waals surface area contributed by atoms with E-state index < -0.39 is 0 Å². The number of nitrogens with zero attached hydrogens (tertiary/aromatic N) is 2. The number of ether oxygens (including phenoxy) is 2. The fourth-order valence-corrected chi connectivity index (χ4v) is 7.10. The maximum Gasteiger partial charge on any atom is 0.145 e. The maximum absolute atomic E-state index is 6.20. The lowest BCUT2D eigenvalue weighted by molar-refractivity contribution is 0.116. The Bertz CT molecular complexity index is 2170. The van der Waals surface area contributed by atoms with Crippen LogP contribution < -0.4 is 4.74 Å². The van der Waals surface area contributed by atoms with Gasteiger partial charge < -0.3 is 9.47 Å². The van der Waals surface area contributed by atoms with Gasteiger partial charge in [-0.1, -0.05) is 161 Å². The molecule has 0 atom stereocenters. The first-order chi connectivity index (χ1) is 25.3. The normalized spacial score (nSPS) is 11.5. The van der Waals surface area contributed by atoms with E-state index in [9.17, 15) is 0 Å². The average molecular weight is 673 g/mol. The predicted molar refractivity (Wildman–Crippen MR) is 215 cm³/mol. The monoisotopic (exact) mass is 672 g/mol. The molecule has 0 aliphatic heterocycles. The molecule has 0 amide bonds. The number of hydrogen-bond acceptors (Lipinski definition) is 3. The highest BCUT2D eigenvalue weighted by molar-refractivity contribution is 6.24. The van der Waals surface area contributed by atoms with E-state index in [2.05, 4.69) is 139 Å². The minimum atomic E-state index is 0.695. The molecule has 7 aromatic rings. The summed E-state index contributed by atoms with van der Waals surface area (Å²) in [5.41, 5.74) is 6.70. The summed E-state index contributed by atoms with van der Waals surface area (Å²) in [6, 6.07) is 44.8. The molecular weight excluding hydrogens is 625 g/mol. The van der Waals surface area contributed by atoms with Crippen LogP contribution in [0.5, 0.6) is 5.75 Å². The molecule has 0 bridgehead atoms. The van der Waals surface area contributed by atoms with E-state index in [1.54, 1.807) is 0 Å². The van der Waals surface area contributed by atoms with Crippen molar-refractivity contribution in [1.82, 2.24) is 9.55 Å². The Labute approximate surface area is 302 Å². The molecule has 6 aromatic carbocycles. The zero-order valence-corrected chi connectivity index (χ0v) is 29.6. The predicted octanol–water partition coefficient (Wildman–Crippen LogP) is 12.7. The molecule has 7 rings (SSSR count). The van der Waals surface area contributed by atoms with E-state index in [4.69, 9.17) is 14.5 Å². The van der Waals surface area contributed by atoms with Crippen molar-refractivity contribution in [1.29, 1.82) is 0 Å². The largest absolute Gasteiger partial charge is 0.494 e. The lowest BCUT2D eigenvalue weighted by Crippen LogP contribution is -2.00. The van der Waals surface area contributed by atoms with E-state index in [1.807, 2.05) is 6.08 Å². The summed E-state index contributed by atoms with van der Waals surface area (Å²) in [7, 11) is 0. The summed E-state index contributed by atoms with van der Waals surface area (Å²) in [5.74, 6) is 1.85. The van der Waals surface area contributed by atoms with Gasteiger partial charge in [-0.3, -0.25) is 4.57 Å². The Hall–Kier alpha value is -5.19. The van der Waals surface area contributed by atoms with Crippen molar-refractivity contribution in [2.75, 3.05) is 13.2 Å². The van der Waals surface area contributed by atoms with Gasteiger partial charge in [0.2, 0.25) is 0 Å². The first-order valence-corrected chi connectivity index (χ1v) is 18.7. The van der Waals surface area contributed by atoms with Gasteiger partial charge in [0.05, 0.1) is 24.2 Å². The highest BCUT2D eigenvalue weighted by atomic mass is 16.5. The first-order valence-electron chi connectivity index (χ1n) is 18.7. The van der Waals surface area contributed by atoms with Crippen LogP contribution in [0, 0.1) is 0 Å². The molecule has 1 aromatic heterocycles. The first kappa shape index (κ1) is 34.3. The molecule has 4 heteroatoms. The lowest BCUT2D eigenvalue weighted by Gasteiger charge is -2.13. The number of imidazole rings is 1. The van der Waals surface area contributed by atoms with Gasteiger partial charge in [-0.15, -0.1) is 0 Å². The smallest absolute Gasteiger partial charge is 0.145 e. The summed E-state index contributed by atoms with van der Waals surface area (Å²) < 4.78 is 14.4. The third-order valence-corrected chi connectivity index (χ3v) is 9.84. The van der Waals surface area contributed by atoms with E-state index in [-0.39, 0.29) is 0 Å². The van der Waals surface area contributed by atoms with Gasteiger partial charge in [0.1, 0.15) is 11.6 Å². The van der Waals surface area contributed by atoms with Crippen molar-refractivity contribution in [2.45, 2.75) is 64.4 Å². The van der Waals surface area contributed by atoms with Crippen molar-refractivity contribution in [3.05, 3.63) is 145 Å². The summed E-state index contributed by atoms with van der Waals surface area (Å²) in [6.07, 6.45) is 13.1. The van der Waals surface area contributed by atoms with Gasteiger partial charge in [-0.05, 0) is 59.0 Å². The van der Waals surface area contributed by atoms with Gasteiger partial charge in [-0.2, -0.15) is 0 Å². The van der Waals surface area contributed by atoms with Crippen LogP contribution in [0.15, 0.2) is 134 Å². The number of hydrogen-bond donors (Lipinski definition) is 0. The third kappa shape index (κ3) is 8.24. The molecule has 0 N–H and O–H groups in total. The van der Waals surface area contributed by atoms with Gasteiger partial charge in [0.15, 0.2) is 0 Å². The Morgan fingerprint density at radius 3 is 1.78 bits per heavy atom. The molecule has 0 radical (unpaired) electrons. The van der Waals surface area contributed by atoms with E-state index in [0.29, 0.717) is 6.61 Å². The van der Waals surface area contributed by atoms with Crippen LogP contribution in [-0.2, 0) is 11.3 Å². The third-order valence-electron chi connectivity index (χ3n) is 9.84. The summed E-state index contributed by atoms with van der Waals surface area (Å²) in [5, 5.41) is 4.84. The molecule has 0 saturated carbocycles. The molecule has 4 nitrogen and oxygen atoms in total. The Kier molecular flexibility index (Phi) is 11.5. The second-order valence-electron chi connectivity index (χ2n) is 13.4. The second kappa shape index (κ2) is 17.2.